The van der Waals surface area contributed by atoms with Gasteiger partial charge in [0, 0.05) is 24.7 Å². The predicted molar refractivity (Wildman–Crippen MR) is 90.1 cm³/mol. The van der Waals surface area contributed by atoms with Gasteiger partial charge in [0.1, 0.15) is 0 Å². The van der Waals surface area contributed by atoms with Crippen molar-refractivity contribution in [3.05, 3.63) is 65.2 Å². The molecule has 0 aliphatic carbocycles. The number of likely N-dealkylation sites (N-methyl/N-ethyl adjacent to an activating group) is 1. The molecule has 0 saturated carbocycles. The topological polar surface area (TPSA) is 23.5 Å². The average molecular weight is 283 g/mol. The first-order valence-electron chi connectivity index (χ1n) is 7.40. The molecule has 0 saturated heterocycles. The van der Waals surface area contributed by atoms with Crippen LogP contribution in [0.15, 0.2) is 48.5 Å². The van der Waals surface area contributed by atoms with Crippen LogP contribution in [0, 0.1) is 13.8 Å². The van der Waals surface area contributed by atoms with E-state index >= 15 is 0 Å². The number of hydrogen-bond acceptors (Lipinski definition) is 2. The van der Waals surface area contributed by atoms with Crippen LogP contribution in [0.5, 0.6) is 0 Å². The van der Waals surface area contributed by atoms with E-state index in [9.17, 15) is 5.11 Å². The van der Waals surface area contributed by atoms with Crippen molar-refractivity contribution in [2.45, 2.75) is 26.2 Å². The van der Waals surface area contributed by atoms with E-state index < -0.39 is 0 Å². The fourth-order valence-corrected chi connectivity index (χ4v) is 2.86. The SMILES string of the molecule is Cc1cc(C)cc(N(C)CC(C)(CO)c2ccccc2)c1. The minimum Gasteiger partial charge on any atom is -0.395 e. The monoisotopic (exact) mass is 283 g/mol. The van der Waals surface area contributed by atoms with E-state index in [-0.39, 0.29) is 12.0 Å². The van der Waals surface area contributed by atoms with Crippen molar-refractivity contribution >= 4 is 5.69 Å². The number of nitrogens with zero attached hydrogens (tertiary/aromatic N) is 1. The number of hydrogen-bond donors (Lipinski definition) is 1. The number of anilines is 1. The molecule has 112 valence electrons. The second kappa shape index (κ2) is 6.31. The van der Waals surface area contributed by atoms with Gasteiger partial charge in [0.05, 0.1) is 6.61 Å². The first kappa shape index (κ1) is 15.6. The molecule has 0 radical (unpaired) electrons. The summed E-state index contributed by atoms with van der Waals surface area (Å²) in [7, 11) is 2.09. The summed E-state index contributed by atoms with van der Waals surface area (Å²) in [4.78, 5) is 2.23. The van der Waals surface area contributed by atoms with Gasteiger partial charge in [0.25, 0.3) is 0 Å². The smallest absolute Gasteiger partial charge is 0.0542 e. The quantitative estimate of drug-likeness (QED) is 0.904. The van der Waals surface area contributed by atoms with Crippen molar-refractivity contribution in [2.75, 3.05) is 25.1 Å². The molecule has 0 heterocycles. The summed E-state index contributed by atoms with van der Waals surface area (Å²) in [6, 6.07) is 16.8. The van der Waals surface area contributed by atoms with Gasteiger partial charge < -0.3 is 10.0 Å². The molecule has 0 aliphatic heterocycles. The van der Waals surface area contributed by atoms with Gasteiger partial charge in [-0.1, -0.05) is 43.3 Å². The molecular formula is C19H25NO. The van der Waals surface area contributed by atoms with E-state index in [1.165, 1.54) is 22.4 Å². The lowest BCUT2D eigenvalue weighted by molar-refractivity contribution is 0.209. The Bertz CT molecular complexity index is 574. The third-order valence-electron chi connectivity index (χ3n) is 4.05. The van der Waals surface area contributed by atoms with Crippen LogP contribution < -0.4 is 4.90 Å². The normalized spacial score (nSPS) is 13.8. The minimum atomic E-state index is -0.270. The molecule has 1 atom stereocenters. The number of aliphatic hydroxyl groups is 1. The van der Waals surface area contributed by atoms with Crippen LogP contribution in [0.2, 0.25) is 0 Å². The van der Waals surface area contributed by atoms with Crippen LogP contribution in [0.4, 0.5) is 5.69 Å². The highest BCUT2D eigenvalue weighted by Crippen LogP contribution is 2.27. The highest BCUT2D eigenvalue weighted by atomic mass is 16.3. The molecule has 2 heteroatoms. The van der Waals surface area contributed by atoms with Crippen LogP contribution >= 0.6 is 0 Å². The third-order valence-corrected chi connectivity index (χ3v) is 4.05. The van der Waals surface area contributed by atoms with Gasteiger partial charge in [-0.2, -0.15) is 0 Å². The second-order valence-electron chi connectivity index (χ2n) is 6.29. The van der Waals surface area contributed by atoms with E-state index in [0.717, 1.165) is 6.54 Å². The molecule has 2 rings (SSSR count). The van der Waals surface area contributed by atoms with E-state index in [0.29, 0.717) is 0 Å². The summed E-state index contributed by atoms with van der Waals surface area (Å²) < 4.78 is 0. The van der Waals surface area contributed by atoms with Crippen molar-refractivity contribution in [1.82, 2.24) is 0 Å². The van der Waals surface area contributed by atoms with Crippen LogP contribution in [0.25, 0.3) is 0 Å². The van der Waals surface area contributed by atoms with Gasteiger partial charge in [-0.25, -0.2) is 0 Å². The lowest BCUT2D eigenvalue weighted by Crippen LogP contribution is -2.40. The lowest BCUT2D eigenvalue weighted by Gasteiger charge is -2.34. The Balaban J connectivity index is 2.25. The molecule has 0 bridgehead atoms. The van der Waals surface area contributed by atoms with Crippen molar-refractivity contribution < 1.29 is 5.11 Å². The fourth-order valence-electron chi connectivity index (χ4n) is 2.86. The summed E-state index contributed by atoms with van der Waals surface area (Å²) in [6.45, 7) is 7.25. The molecule has 21 heavy (non-hydrogen) atoms. The maximum absolute atomic E-state index is 9.92. The number of rotatable bonds is 5. The summed E-state index contributed by atoms with van der Waals surface area (Å²) in [6.07, 6.45) is 0. The Labute approximate surface area is 128 Å². The zero-order chi connectivity index (χ0) is 15.5. The Kier molecular flexibility index (Phi) is 4.69. The molecule has 2 nitrogen and oxygen atoms in total. The molecule has 0 aromatic heterocycles. The Morgan fingerprint density at radius 3 is 2.10 bits per heavy atom. The molecule has 2 aromatic carbocycles. The van der Waals surface area contributed by atoms with Gasteiger partial charge in [-0.05, 0) is 42.7 Å². The van der Waals surface area contributed by atoms with Crippen LogP contribution in [-0.4, -0.2) is 25.3 Å². The van der Waals surface area contributed by atoms with Crippen LogP contribution in [-0.2, 0) is 5.41 Å². The summed E-state index contributed by atoms with van der Waals surface area (Å²) in [5.41, 5.74) is 4.63. The predicted octanol–water partition coefficient (Wildman–Crippen LogP) is 3.69. The maximum atomic E-state index is 9.92. The summed E-state index contributed by atoms with van der Waals surface area (Å²) in [5, 5.41) is 9.92. The molecular weight excluding hydrogens is 258 g/mol. The Morgan fingerprint density at radius 1 is 1.00 bits per heavy atom. The molecule has 0 amide bonds. The summed E-state index contributed by atoms with van der Waals surface area (Å²) in [5.74, 6) is 0. The van der Waals surface area contributed by atoms with Crippen molar-refractivity contribution in [3.8, 4) is 0 Å². The standard InChI is InChI=1S/C19H25NO/c1-15-10-16(2)12-18(11-15)20(4)13-19(3,14-21)17-8-6-5-7-9-17/h5-12,21H,13-14H2,1-4H3. The largest absolute Gasteiger partial charge is 0.395 e. The number of aliphatic hydroxyl groups excluding tert-OH is 1. The first-order valence-corrected chi connectivity index (χ1v) is 7.40. The fraction of sp³-hybridized carbons (Fsp3) is 0.368. The zero-order valence-corrected chi connectivity index (χ0v) is 13.4. The third kappa shape index (κ3) is 3.64. The van der Waals surface area contributed by atoms with Gasteiger partial charge in [0.15, 0.2) is 0 Å². The highest BCUT2D eigenvalue weighted by Gasteiger charge is 2.27. The van der Waals surface area contributed by atoms with Crippen LogP contribution in [0.3, 0.4) is 0 Å². The van der Waals surface area contributed by atoms with Crippen LogP contribution in [0.1, 0.15) is 23.6 Å². The van der Waals surface area contributed by atoms with E-state index in [4.69, 9.17) is 0 Å². The molecule has 0 aliphatic rings. The van der Waals surface area contributed by atoms with E-state index in [1.54, 1.807) is 0 Å². The molecule has 1 N–H and O–H groups in total. The number of aryl methyl sites for hydroxylation is 2. The molecule has 0 spiro atoms. The summed E-state index contributed by atoms with van der Waals surface area (Å²) >= 11 is 0. The highest BCUT2D eigenvalue weighted by molar-refractivity contribution is 5.51. The Hall–Kier alpha value is -1.80. The van der Waals surface area contributed by atoms with Gasteiger partial charge in [-0.3, -0.25) is 0 Å². The molecule has 0 fully saturated rings. The second-order valence-corrected chi connectivity index (χ2v) is 6.29. The van der Waals surface area contributed by atoms with E-state index in [2.05, 4.69) is 63.1 Å². The van der Waals surface area contributed by atoms with Gasteiger partial charge in [-0.15, -0.1) is 0 Å². The van der Waals surface area contributed by atoms with Gasteiger partial charge in [0.2, 0.25) is 0 Å². The molecule has 2 aromatic rings. The zero-order valence-electron chi connectivity index (χ0n) is 13.4. The average Bonchev–Trinajstić information content (AvgIpc) is 2.47. The Morgan fingerprint density at radius 2 is 1.57 bits per heavy atom. The molecule has 1 unspecified atom stereocenters. The number of benzene rings is 2. The van der Waals surface area contributed by atoms with Crippen molar-refractivity contribution in [3.63, 3.8) is 0 Å². The van der Waals surface area contributed by atoms with Crippen molar-refractivity contribution in [1.29, 1.82) is 0 Å². The minimum absolute atomic E-state index is 0.131. The first-order chi connectivity index (χ1) is 9.94. The lowest BCUT2D eigenvalue weighted by atomic mass is 9.82. The van der Waals surface area contributed by atoms with Gasteiger partial charge >= 0.3 is 0 Å². The van der Waals surface area contributed by atoms with Crippen molar-refractivity contribution in [2.24, 2.45) is 0 Å². The maximum Gasteiger partial charge on any atom is 0.0542 e. The van der Waals surface area contributed by atoms with E-state index in [1.807, 2.05) is 18.2 Å².